The average Bonchev–Trinajstić information content (AvgIpc) is 3.65. The largest absolute Gasteiger partial charge is 0.466 e. The van der Waals surface area contributed by atoms with Crippen LogP contribution in [0.25, 0.3) is 11.3 Å². The molecule has 0 spiro atoms. The smallest absolute Gasteiger partial charge is 0.310 e. The molecule has 2 saturated heterocycles. The maximum absolute atomic E-state index is 13.0. The van der Waals surface area contributed by atoms with Crippen molar-refractivity contribution in [2.75, 3.05) is 37.7 Å². The summed E-state index contributed by atoms with van der Waals surface area (Å²) in [7, 11) is 0. The highest BCUT2D eigenvalue weighted by Gasteiger charge is 2.31. The first kappa shape index (κ1) is 25.3. The van der Waals surface area contributed by atoms with E-state index in [9.17, 15) is 9.59 Å². The summed E-state index contributed by atoms with van der Waals surface area (Å²) in [4.78, 5) is 38.8. The van der Waals surface area contributed by atoms with Crippen molar-refractivity contribution in [2.24, 2.45) is 5.92 Å². The average molecular weight is 521 g/mol. The van der Waals surface area contributed by atoms with Crippen molar-refractivity contribution in [3.05, 3.63) is 60.1 Å². The highest BCUT2D eigenvalue weighted by atomic mass is 32.2. The van der Waals surface area contributed by atoms with E-state index >= 15 is 0 Å². The number of carbonyl (C=O) groups excluding carboxylic acids is 2. The van der Waals surface area contributed by atoms with E-state index in [4.69, 9.17) is 19.1 Å². The van der Waals surface area contributed by atoms with Crippen LogP contribution in [0.3, 0.4) is 0 Å². The number of benzene rings is 1. The molecule has 9 heteroatoms. The van der Waals surface area contributed by atoms with Crippen molar-refractivity contribution < 1.29 is 18.7 Å². The molecule has 5 rings (SSSR count). The number of piperidine rings is 1. The Bertz CT molecular complexity index is 1230. The number of esters is 1. The van der Waals surface area contributed by atoms with E-state index in [2.05, 4.69) is 23.1 Å². The quantitative estimate of drug-likeness (QED) is 0.232. The summed E-state index contributed by atoms with van der Waals surface area (Å²) in [5.41, 5.74) is 1.96. The first-order chi connectivity index (χ1) is 18.1. The van der Waals surface area contributed by atoms with Gasteiger partial charge < -0.3 is 19.0 Å². The van der Waals surface area contributed by atoms with Gasteiger partial charge in [-0.25, -0.2) is 9.97 Å². The van der Waals surface area contributed by atoms with E-state index in [0.717, 1.165) is 43.0 Å². The minimum atomic E-state index is -0.276. The highest BCUT2D eigenvalue weighted by molar-refractivity contribution is 7.98. The molecular formula is C28H32N4O4S. The molecule has 1 amide bonds. The standard InChI is InChI=1S/C28H32N4O4S/c1-2-35-27(34)21-11-8-16-32(18-21)26(33)24-13-12-22(36-24)19-37-28-29-23(20-9-4-3-5-10-20)17-25(30-28)31-14-6-7-15-31/h3-5,9-10,12-13,17,21H,2,6-8,11,14-16,18-19H2,1H3. The lowest BCUT2D eigenvalue weighted by Gasteiger charge is -2.30. The van der Waals surface area contributed by atoms with E-state index in [1.54, 1.807) is 17.9 Å². The summed E-state index contributed by atoms with van der Waals surface area (Å²) in [6.07, 6.45) is 3.86. The van der Waals surface area contributed by atoms with Gasteiger partial charge in [0.1, 0.15) is 11.6 Å². The third-order valence-corrected chi connectivity index (χ3v) is 7.61. The number of furan rings is 1. The Labute approximate surface area is 221 Å². The van der Waals surface area contributed by atoms with Crippen molar-refractivity contribution in [1.29, 1.82) is 0 Å². The van der Waals surface area contributed by atoms with Gasteiger partial charge in [0.15, 0.2) is 10.9 Å². The molecule has 37 heavy (non-hydrogen) atoms. The van der Waals surface area contributed by atoms with Crippen LogP contribution in [0, 0.1) is 5.92 Å². The molecule has 0 N–H and O–H groups in total. The van der Waals surface area contributed by atoms with Crippen LogP contribution >= 0.6 is 11.8 Å². The van der Waals surface area contributed by atoms with Gasteiger partial charge >= 0.3 is 5.97 Å². The highest BCUT2D eigenvalue weighted by Crippen LogP contribution is 2.29. The number of likely N-dealkylation sites (tertiary alicyclic amines) is 1. The van der Waals surface area contributed by atoms with Crippen molar-refractivity contribution in [2.45, 2.75) is 43.5 Å². The Morgan fingerprint density at radius 1 is 1.05 bits per heavy atom. The Morgan fingerprint density at radius 2 is 1.86 bits per heavy atom. The monoisotopic (exact) mass is 520 g/mol. The predicted octanol–water partition coefficient (Wildman–Crippen LogP) is 5.04. The van der Waals surface area contributed by atoms with Gasteiger partial charge in [-0.15, -0.1) is 0 Å². The number of carbonyl (C=O) groups is 2. The molecule has 2 aromatic heterocycles. The van der Waals surface area contributed by atoms with E-state index in [-0.39, 0.29) is 23.6 Å². The fourth-order valence-electron chi connectivity index (χ4n) is 4.82. The summed E-state index contributed by atoms with van der Waals surface area (Å²) in [5, 5.41) is 0.681. The van der Waals surface area contributed by atoms with E-state index in [1.807, 2.05) is 24.3 Å². The van der Waals surface area contributed by atoms with Gasteiger partial charge in [0, 0.05) is 37.8 Å². The lowest BCUT2D eigenvalue weighted by molar-refractivity contribution is -0.149. The Morgan fingerprint density at radius 3 is 2.65 bits per heavy atom. The third kappa shape index (κ3) is 6.15. The molecule has 1 unspecified atom stereocenters. The summed E-state index contributed by atoms with van der Waals surface area (Å²) in [6.45, 7) is 5.13. The van der Waals surface area contributed by atoms with Gasteiger partial charge in [0.2, 0.25) is 0 Å². The number of amides is 1. The molecule has 1 aromatic carbocycles. The lowest BCUT2D eigenvalue weighted by atomic mass is 9.98. The number of thioether (sulfide) groups is 1. The van der Waals surface area contributed by atoms with Crippen molar-refractivity contribution in [3.63, 3.8) is 0 Å². The fraction of sp³-hybridized carbons (Fsp3) is 0.429. The minimum Gasteiger partial charge on any atom is -0.466 e. The second-order valence-corrected chi connectivity index (χ2v) is 10.3. The molecule has 0 saturated carbocycles. The second-order valence-electron chi connectivity index (χ2n) is 9.35. The van der Waals surface area contributed by atoms with Gasteiger partial charge in [0.05, 0.1) is 24.0 Å². The molecule has 2 aliphatic heterocycles. The van der Waals surface area contributed by atoms with E-state index in [0.29, 0.717) is 36.4 Å². The van der Waals surface area contributed by atoms with Gasteiger partial charge in [-0.05, 0) is 44.7 Å². The van der Waals surface area contributed by atoms with Crippen LogP contribution in [0.2, 0.25) is 0 Å². The van der Waals surface area contributed by atoms with Crippen molar-refractivity contribution >= 4 is 29.5 Å². The fourth-order valence-corrected chi connectivity index (χ4v) is 5.57. The molecule has 3 aromatic rings. The molecule has 0 bridgehead atoms. The lowest BCUT2D eigenvalue weighted by Crippen LogP contribution is -2.42. The van der Waals surface area contributed by atoms with Gasteiger partial charge in [0.25, 0.3) is 5.91 Å². The van der Waals surface area contributed by atoms with Crippen LogP contribution in [0.1, 0.15) is 48.9 Å². The zero-order chi connectivity index (χ0) is 25.6. The van der Waals surface area contributed by atoms with Crippen LogP contribution in [0.5, 0.6) is 0 Å². The summed E-state index contributed by atoms with van der Waals surface area (Å²) >= 11 is 1.50. The number of ether oxygens (including phenoxy) is 1. The predicted molar refractivity (Wildman–Crippen MR) is 142 cm³/mol. The van der Waals surface area contributed by atoms with Crippen LogP contribution in [-0.2, 0) is 15.3 Å². The van der Waals surface area contributed by atoms with Crippen LogP contribution < -0.4 is 4.90 Å². The molecule has 2 aliphatic rings. The second kappa shape index (κ2) is 11.8. The normalized spacial score (nSPS) is 17.7. The molecule has 0 aliphatic carbocycles. The van der Waals surface area contributed by atoms with Gasteiger partial charge in [-0.2, -0.15) is 0 Å². The summed E-state index contributed by atoms with van der Waals surface area (Å²) in [5.74, 6) is 1.73. The number of aromatic nitrogens is 2. The first-order valence-electron chi connectivity index (χ1n) is 13.0. The van der Waals surface area contributed by atoms with Crippen LogP contribution in [0.4, 0.5) is 5.82 Å². The SMILES string of the molecule is CCOC(=O)C1CCCN(C(=O)c2ccc(CSc3nc(-c4ccccc4)cc(N4CCCC4)n3)o2)C1. The minimum absolute atomic E-state index is 0.191. The van der Waals surface area contributed by atoms with Crippen LogP contribution in [-0.4, -0.2) is 59.5 Å². The number of anilines is 1. The molecule has 0 radical (unpaired) electrons. The number of nitrogens with zero attached hydrogens (tertiary/aromatic N) is 4. The van der Waals surface area contributed by atoms with Crippen molar-refractivity contribution in [1.82, 2.24) is 14.9 Å². The van der Waals surface area contributed by atoms with E-state index < -0.39 is 0 Å². The third-order valence-electron chi connectivity index (χ3n) is 6.74. The Hall–Kier alpha value is -3.33. The molecular weight excluding hydrogens is 488 g/mol. The number of hydrogen-bond acceptors (Lipinski definition) is 8. The molecule has 194 valence electrons. The summed E-state index contributed by atoms with van der Waals surface area (Å²) in [6, 6.07) is 15.7. The maximum atomic E-state index is 13.0. The number of rotatable bonds is 8. The topological polar surface area (TPSA) is 88.8 Å². The zero-order valence-corrected chi connectivity index (χ0v) is 21.9. The van der Waals surface area contributed by atoms with Gasteiger partial charge in [-0.3, -0.25) is 9.59 Å². The van der Waals surface area contributed by atoms with Gasteiger partial charge in [-0.1, -0.05) is 42.1 Å². The summed E-state index contributed by atoms with van der Waals surface area (Å²) < 4.78 is 11.1. The Kier molecular flexibility index (Phi) is 8.08. The van der Waals surface area contributed by atoms with Crippen molar-refractivity contribution in [3.8, 4) is 11.3 Å². The first-order valence-corrected chi connectivity index (χ1v) is 14.0. The van der Waals surface area contributed by atoms with Crippen LogP contribution in [0.15, 0.2) is 58.1 Å². The maximum Gasteiger partial charge on any atom is 0.310 e. The molecule has 2 fully saturated rings. The molecule has 1 atom stereocenters. The molecule has 4 heterocycles. The Balaban J connectivity index is 1.27. The zero-order valence-electron chi connectivity index (χ0n) is 21.1. The van der Waals surface area contributed by atoms with E-state index in [1.165, 1.54) is 24.6 Å². The molecule has 8 nitrogen and oxygen atoms in total. The number of hydrogen-bond donors (Lipinski definition) is 0.